The van der Waals surface area contributed by atoms with Crippen LogP contribution in [-0.4, -0.2) is 90.6 Å². The van der Waals surface area contributed by atoms with Crippen molar-refractivity contribution < 1.29 is 23.5 Å². The van der Waals surface area contributed by atoms with Crippen LogP contribution >= 0.6 is 0 Å². The van der Waals surface area contributed by atoms with Crippen LogP contribution in [0.5, 0.6) is 0 Å². The van der Waals surface area contributed by atoms with Crippen LogP contribution in [0.3, 0.4) is 0 Å². The average molecular weight is 499 g/mol. The molecule has 2 aliphatic heterocycles. The van der Waals surface area contributed by atoms with Gasteiger partial charge >= 0.3 is 5.97 Å². The van der Waals surface area contributed by atoms with E-state index in [4.69, 9.17) is 13.9 Å². The van der Waals surface area contributed by atoms with Crippen molar-refractivity contribution in [2.24, 2.45) is 5.92 Å². The number of carbonyl (C=O) groups is 2. The van der Waals surface area contributed by atoms with Crippen molar-refractivity contribution in [3.05, 3.63) is 53.2 Å². The number of aryl methyl sites for hydroxylation is 1. The molecule has 9 heteroatoms. The number of amides is 1. The zero-order valence-electron chi connectivity index (χ0n) is 21.5. The molecule has 2 aliphatic rings. The molecule has 2 fully saturated rings. The normalized spacial score (nSPS) is 17.5. The zero-order valence-corrected chi connectivity index (χ0v) is 21.5. The average Bonchev–Trinajstić information content (AvgIpc) is 3.37. The maximum atomic E-state index is 13.0. The van der Waals surface area contributed by atoms with Crippen molar-refractivity contribution in [1.82, 2.24) is 19.7 Å². The van der Waals surface area contributed by atoms with Gasteiger partial charge in [0.1, 0.15) is 6.26 Å². The molecule has 0 radical (unpaired) electrons. The first-order chi connectivity index (χ1) is 17.5. The van der Waals surface area contributed by atoms with Crippen LogP contribution in [-0.2, 0) is 27.4 Å². The Morgan fingerprint density at radius 2 is 1.86 bits per heavy atom. The summed E-state index contributed by atoms with van der Waals surface area (Å²) in [6, 6.07) is 8.40. The first-order valence-corrected chi connectivity index (χ1v) is 13.0. The van der Waals surface area contributed by atoms with Crippen LogP contribution < -0.4 is 0 Å². The van der Waals surface area contributed by atoms with Gasteiger partial charge < -0.3 is 18.8 Å². The van der Waals surface area contributed by atoms with Crippen LogP contribution in [0.4, 0.5) is 0 Å². The molecule has 0 unspecified atom stereocenters. The van der Waals surface area contributed by atoms with Gasteiger partial charge in [-0.1, -0.05) is 24.3 Å². The highest BCUT2D eigenvalue weighted by Crippen LogP contribution is 2.21. The molecule has 1 aromatic heterocycles. The Labute approximate surface area is 213 Å². The van der Waals surface area contributed by atoms with Gasteiger partial charge in [0, 0.05) is 45.8 Å². The Kier molecular flexibility index (Phi) is 9.49. The first kappa shape index (κ1) is 26.3. The minimum atomic E-state index is -0.167. The molecule has 0 bridgehead atoms. The highest BCUT2D eigenvalue weighted by atomic mass is 16.5. The second-order valence-corrected chi connectivity index (χ2v) is 9.54. The smallest absolute Gasteiger partial charge is 0.309 e. The molecule has 1 amide bonds. The summed E-state index contributed by atoms with van der Waals surface area (Å²) in [7, 11) is 0. The molecule has 0 atom stereocenters. The maximum Gasteiger partial charge on any atom is 0.309 e. The lowest BCUT2D eigenvalue weighted by Crippen LogP contribution is -2.41. The highest BCUT2D eigenvalue weighted by molar-refractivity contribution is 5.92. The summed E-state index contributed by atoms with van der Waals surface area (Å²) in [4.78, 5) is 36.0. The lowest BCUT2D eigenvalue weighted by Gasteiger charge is -2.30. The van der Waals surface area contributed by atoms with E-state index >= 15 is 0 Å². The Hall–Kier alpha value is -2.75. The SMILES string of the molecule is CCOC(=O)C1CCN(C(=O)c2coc(CN(CCN3CCOCC3)Cc3ccccc3C)n2)CC1. The third-order valence-electron chi connectivity index (χ3n) is 7.02. The number of carbonyl (C=O) groups excluding carboxylic acids is 2. The molecule has 3 heterocycles. The molecular formula is C27H38N4O5. The number of esters is 1. The number of aromatic nitrogens is 1. The number of likely N-dealkylation sites (tertiary alicyclic amines) is 1. The molecule has 4 rings (SSSR count). The van der Waals surface area contributed by atoms with E-state index in [1.165, 1.54) is 17.4 Å². The van der Waals surface area contributed by atoms with E-state index in [9.17, 15) is 9.59 Å². The Balaban J connectivity index is 1.36. The predicted molar refractivity (Wildman–Crippen MR) is 134 cm³/mol. The monoisotopic (exact) mass is 498 g/mol. The van der Waals surface area contributed by atoms with E-state index in [-0.39, 0.29) is 17.8 Å². The number of oxazole rings is 1. The second kappa shape index (κ2) is 13.0. The van der Waals surface area contributed by atoms with Crippen LogP contribution in [0.15, 0.2) is 34.9 Å². The molecule has 196 valence electrons. The topological polar surface area (TPSA) is 88.4 Å². The third kappa shape index (κ3) is 7.15. The number of morpholine rings is 1. The first-order valence-electron chi connectivity index (χ1n) is 13.0. The van der Waals surface area contributed by atoms with Crippen LogP contribution in [0.1, 0.15) is 47.3 Å². The maximum absolute atomic E-state index is 13.0. The van der Waals surface area contributed by atoms with Crippen LogP contribution in [0.25, 0.3) is 0 Å². The summed E-state index contributed by atoms with van der Waals surface area (Å²) < 4.78 is 16.4. The molecule has 1 aromatic carbocycles. The summed E-state index contributed by atoms with van der Waals surface area (Å²) in [5.41, 5.74) is 2.85. The van der Waals surface area contributed by atoms with E-state index in [0.29, 0.717) is 50.7 Å². The van der Waals surface area contributed by atoms with Crippen molar-refractivity contribution >= 4 is 11.9 Å². The van der Waals surface area contributed by atoms with Gasteiger partial charge in [0.2, 0.25) is 5.89 Å². The van der Waals surface area contributed by atoms with E-state index in [0.717, 1.165) is 45.9 Å². The largest absolute Gasteiger partial charge is 0.466 e. The van der Waals surface area contributed by atoms with Gasteiger partial charge in [-0.3, -0.25) is 19.4 Å². The molecule has 0 N–H and O–H groups in total. The summed E-state index contributed by atoms with van der Waals surface area (Å²) in [6.07, 6.45) is 2.69. The van der Waals surface area contributed by atoms with Gasteiger partial charge in [0.15, 0.2) is 5.69 Å². The van der Waals surface area contributed by atoms with Crippen LogP contribution in [0.2, 0.25) is 0 Å². The van der Waals surface area contributed by atoms with E-state index in [2.05, 4.69) is 46.0 Å². The Morgan fingerprint density at radius 3 is 2.58 bits per heavy atom. The third-order valence-corrected chi connectivity index (χ3v) is 7.02. The summed E-state index contributed by atoms with van der Waals surface area (Å²) in [5.74, 6) is 0.0869. The van der Waals surface area contributed by atoms with Crippen molar-refractivity contribution in [1.29, 1.82) is 0 Å². The van der Waals surface area contributed by atoms with Gasteiger partial charge in [-0.25, -0.2) is 4.98 Å². The van der Waals surface area contributed by atoms with Crippen LogP contribution in [0, 0.1) is 12.8 Å². The molecule has 2 aromatic rings. The molecule has 36 heavy (non-hydrogen) atoms. The zero-order chi connectivity index (χ0) is 25.3. The summed E-state index contributed by atoms with van der Waals surface area (Å²) >= 11 is 0. The van der Waals surface area contributed by atoms with Crippen molar-refractivity contribution in [2.75, 3.05) is 59.1 Å². The molecule has 2 saturated heterocycles. The Bertz CT molecular complexity index is 996. The van der Waals surface area contributed by atoms with Gasteiger partial charge in [-0.2, -0.15) is 0 Å². The van der Waals surface area contributed by atoms with E-state index in [1.807, 2.05) is 6.92 Å². The number of hydrogen-bond donors (Lipinski definition) is 0. The predicted octanol–water partition coefficient (Wildman–Crippen LogP) is 2.73. The lowest BCUT2D eigenvalue weighted by atomic mass is 9.97. The number of rotatable bonds is 10. The van der Waals surface area contributed by atoms with Crippen molar-refractivity contribution in [3.8, 4) is 0 Å². The number of nitrogens with zero attached hydrogens (tertiary/aromatic N) is 4. The minimum Gasteiger partial charge on any atom is -0.466 e. The van der Waals surface area contributed by atoms with Crippen molar-refractivity contribution in [2.45, 2.75) is 39.8 Å². The minimum absolute atomic E-state index is 0.136. The molecule has 0 aliphatic carbocycles. The number of piperidine rings is 1. The standard InChI is InChI=1S/C27H38N4O5/c1-3-35-27(33)22-8-10-31(11-9-22)26(32)24-20-36-25(28-24)19-30(13-12-29-14-16-34-17-15-29)18-23-7-5-4-6-21(23)2/h4-7,20,22H,3,8-19H2,1-2H3. The summed E-state index contributed by atoms with van der Waals surface area (Å²) in [6.45, 7) is 11.9. The fraction of sp³-hybridized carbons (Fsp3) is 0.593. The van der Waals surface area contributed by atoms with E-state index < -0.39 is 0 Å². The lowest BCUT2D eigenvalue weighted by molar-refractivity contribution is -0.149. The fourth-order valence-corrected chi connectivity index (χ4v) is 4.76. The number of benzene rings is 1. The fourth-order valence-electron chi connectivity index (χ4n) is 4.76. The molecule has 0 saturated carbocycles. The molecule has 9 nitrogen and oxygen atoms in total. The summed E-state index contributed by atoms with van der Waals surface area (Å²) in [5, 5.41) is 0. The Morgan fingerprint density at radius 1 is 1.11 bits per heavy atom. The number of hydrogen-bond acceptors (Lipinski definition) is 8. The van der Waals surface area contributed by atoms with Crippen molar-refractivity contribution in [3.63, 3.8) is 0 Å². The van der Waals surface area contributed by atoms with Gasteiger partial charge in [-0.15, -0.1) is 0 Å². The molecular weight excluding hydrogens is 460 g/mol. The second-order valence-electron chi connectivity index (χ2n) is 9.54. The van der Waals surface area contributed by atoms with Gasteiger partial charge in [0.25, 0.3) is 5.91 Å². The highest BCUT2D eigenvalue weighted by Gasteiger charge is 2.30. The number of ether oxygens (including phenoxy) is 2. The van der Waals surface area contributed by atoms with Gasteiger partial charge in [0.05, 0.1) is 32.3 Å². The quantitative estimate of drug-likeness (QED) is 0.462. The van der Waals surface area contributed by atoms with Gasteiger partial charge in [-0.05, 0) is 37.8 Å². The van der Waals surface area contributed by atoms with E-state index in [1.54, 1.807) is 4.90 Å². The molecule has 0 spiro atoms.